The Morgan fingerprint density at radius 1 is 1.24 bits per heavy atom. The molecule has 0 aliphatic heterocycles. The van der Waals surface area contributed by atoms with Gasteiger partial charge in [-0.3, -0.25) is 4.72 Å². The van der Waals surface area contributed by atoms with E-state index in [1.165, 1.54) is 30.3 Å². The minimum Gasteiger partial charge on any atom is -0.268 e. The van der Waals surface area contributed by atoms with Crippen LogP contribution in [0, 0.1) is 11.3 Å². The molecule has 90 valence electrons. The molecule has 0 heterocycles. The fraction of sp³-hybridized carbons (Fsp3) is 0. The molecule has 0 aromatic heterocycles. The number of halogens is 3. The van der Waals surface area contributed by atoms with Crippen LogP contribution in [-0.4, -0.2) is 8.42 Å². The molecular formula is C9H5Cl3N2O2S. The van der Waals surface area contributed by atoms with E-state index < -0.39 is 20.2 Å². The minimum absolute atomic E-state index is 0.0516. The van der Waals surface area contributed by atoms with Crippen LogP contribution in [0.4, 0.5) is 0 Å². The highest BCUT2D eigenvalue weighted by Crippen LogP contribution is 2.17. The van der Waals surface area contributed by atoms with Crippen LogP contribution < -0.4 is 4.72 Å². The first kappa shape index (κ1) is 14.1. The third kappa shape index (κ3) is 3.79. The summed E-state index contributed by atoms with van der Waals surface area (Å²) >= 11 is 16.3. The lowest BCUT2D eigenvalue weighted by Gasteiger charge is -2.06. The number of hydrogen-bond acceptors (Lipinski definition) is 3. The molecule has 4 nitrogen and oxygen atoms in total. The summed E-state index contributed by atoms with van der Waals surface area (Å²) in [5.41, 5.74) is -0.441. The first-order chi connectivity index (χ1) is 7.86. The lowest BCUT2D eigenvalue weighted by atomic mass is 10.4. The summed E-state index contributed by atoms with van der Waals surface area (Å²) < 4.78 is 25.0. The monoisotopic (exact) mass is 310 g/mol. The Kier molecular flexibility index (Phi) is 4.66. The van der Waals surface area contributed by atoms with Crippen molar-refractivity contribution in [1.82, 2.24) is 4.72 Å². The number of rotatable bonds is 3. The Morgan fingerprint density at radius 3 is 2.18 bits per heavy atom. The molecule has 0 bridgehead atoms. The summed E-state index contributed by atoms with van der Waals surface area (Å²) in [7, 11) is -3.89. The zero-order chi connectivity index (χ0) is 13.1. The van der Waals surface area contributed by atoms with Crippen LogP contribution in [0.15, 0.2) is 39.3 Å². The lowest BCUT2D eigenvalue weighted by Crippen LogP contribution is -2.22. The zero-order valence-electron chi connectivity index (χ0n) is 8.12. The molecule has 0 atom stereocenters. The Hall–Kier alpha value is -0.930. The number of sulfonamides is 1. The van der Waals surface area contributed by atoms with Gasteiger partial charge in [0.1, 0.15) is 10.6 Å². The van der Waals surface area contributed by atoms with E-state index >= 15 is 0 Å². The second-order valence-corrected chi connectivity index (χ2v) is 5.87. The molecule has 0 radical (unpaired) electrons. The fourth-order valence-corrected chi connectivity index (χ4v) is 2.36. The Bertz CT molecular complexity index is 584. The lowest BCUT2D eigenvalue weighted by molar-refractivity contribution is 0.589. The molecule has 0 aliphatic carbocycles. The Balaban J connectivity index is 3.10. The van der Waals surface area contributed by atoms with Crippen molar-refractivity contribution in [3.63, 3.8) is 0 Å². The topological polar surface area (TPSA) is 70.0 Å². The maximum Gasteiger partial charge on any atom is 0.262 e. The van der Waals surface area contributed by atoms with Crippen LogP contribution in [0.25, 0.3) is 0 Å². The minimum atomic E-state index is -3.89. The van der Waals surface area contributed by atoms with Crippen LogP contribution in [0.3, 0.4) is 0 Å². The van der Waals surface area contributed by atoms with Gasteiger partial charge in [-0.1, -0.05) is 34.8 Å². The van der Waals surface area contributed by atoms with Crippen LogP contribution in [0.1, 0.15) is 0 Å². The van der Waals surface area contributed by atoms with Gasteiger partial charge in [0, 0.05) is 5.02 Å². The largest absolute Gasteiger partial charge is 0.268 e. The van der Waals surface area contributed by atoms with E-state index in [0.29, 0.717) is 5.02 Å². The standard InChI is InChI=1S/C9H5Cl3N2O2S/c10-6-1-3-7(4-2-6)17(15,16)14-8(5-13)9(11)12/h1-4,14H. The molecule has 1 rings (SSSR count). The summed E-state index contributed by atoms with van der Waals surface area (Å²) in [6.45, 7) is 0. The van der Waals surface area contributed by atoms with Gasteiger partial charge in [-0.15, -0.1) is 0 Å². The predicted molar refractivity (Wildman–Crippen MR) is 66.1 cm³/mol. The highest BCUT2D eigenvalue weighted by molar-refractivity contribution is 7.89. The van der Waals surface area contributed by atoms with E-state index in [2.05, 4.69) is 0 Å². The molecule has 1 aromatic rings. The SMILES string of the molecule is N#CC(NS(=O)(=O)c1ccc(Cl)cc1)=C(Cl)Cl. The normalized spacial score (nSPS) is 10.5. The van der Waals surface area contributed by atoms with Crippen molar-refractivity contribution in [1.29, 1.82) is 5.26 Å². The van der Waals surface area contributed by atoms with E-state index in [1.807, 2.05) is 4.72 Å². The molecule has 0 spiro atoms. The van der Waals surface area contributed by atoms with E-state index in [1.54, 1.807) is 0 Å². The summed E-state index contributed by atoms with van der Waals surface area (Å²) in [6, 6.07) is 6.95. The van der Waals surface area contributed by atoms with Gasteiger partial charge in [0.2, 0.25) is 0 Å². The second-order valence-electron chi connectivity index (χ2n) is 2.81. The van der Waals surface area contributed by atoms with Crippen molar-refractivity contribution in [2.75, 3.05) is 0 Å². The Labute approximate surface area is 113 Å². The summed E-state index contributed by atoms with van der Waals surface area (Å²) in [4.78, 5) is -0.0516. The summed E-state index contributed by atoms with van der Waals surface area (Å²) in [6.07, 6.45) is 0. The van der Waals surface area contributed by atoms with Gasteiger partial charge in [-0.2, -0.15) is 5.26 Å². The number of nitrogens with one attached hydrogen (secondary N) is 1. The van der Waals surface area contributed by atoms with Gasteiger partial charge >= 0.3 is 0 Å². The third-order valence-corrected chi connectivity index (χ3v) is 3.66. The number of nitrogens with zero attached hydrogens (tertiary/aromatic N) is 1. The molecule has 1 N–H and O–H groups in total. The van der Waals surface area contributed by atoms with Crippen LogP contribution in [0.2, 0.25) is 5.02 Å². The number of hydrogen-bond donors (Lipinski definition) is 1. The van der Waals surface area contributed by atoms with Crippen LogP contribution >= 0.6 is 34.8 Å². The quantitative estimate of drug-likeness (QED) is 0.873. The summed E-state index contributed by atoms with van der Waals surface area (Å²) in [5.74, 6) is 0. The van der Waals surface area contributed by atoms with Crippen LogP contribution in [0.5, 0.6) is 0 Å². The average molecular weight is 312 g/mol. The smallest absolute Gasteiger partial charge is 0.262 e. The second kappa shape index (κ2) is 5.61. The van der Waals surface area contributed by atoms with E-state index in [-0.39, 0.29) is 4.90 Å². The molecule has 8 heteroatoms. The van der Waals surface area contributed by atoms with Crippen molar-refractivity contribution in [2.24, 2.45) is 0 Å². The highest BCUT2D eigenvalue weighted by atomic mass is 35.5. The number of benzene rings is 1. The van der Waals surface area contributed by atoms with E-state index in [9.17, 15) is 8.42 Å². The van der Waals surface area contributed by atoms with Gasteiger partial charge in [-0.25, -0.2) is 8.42 Å². The predicted octanol–water partition coefficient (Wildman–Crippen LogP) is 2.79. The van der Waals surface area contributed by atoms with Crippen molar-refractivity contribution in [3.05, 3.63) is 39.5 Å². The van der Waals surface area contributed by atoms with Crippen molar-refractivity contribution in [3.8, 4) is 6.07 Å². The molecule has 0 unspecified atom stereocenters. The molecule has 0 saturated heterocycles. The zero-order valence-corrected chi connectivity index (χ0v) is 11.2. The average Bonchev–Trinajstić information content (AvgIpc) is 2.26. The number of nitriles is 1. The Morgan fingerprint density at radius 2 is 1.76 bits per heavy atom. The first-order valence-electron chi connectivity index (χ1n) is 4.10. The van der Waals surface area contributed by atoms with Crippen molar-refractivity contribution in [2.45, 2.75) is 4.90 Å². The molecule has 0 saturated carbocycles. The van der Waals surface area contributed by atoms with E-state index in [0.717, 1.165) is 0 Å². The molecule has 0 fully saturated rings. The van der Waals surface area contributed by atoms with Gasteiger partial charge < -0.3 is 0 Å². The molecular weight excluding hydrogens is 307 g/mol. The maximum atomic E-state index is 11.8. The third-order valence-electron chi connectivity index (χ3n) is 1.66. The van der Waals surface area contributed by atoms with Gasteiger partial charge in [-0.05, 0) is 24.3 Å². The van der Waals surface area contributed by atoms with Gasteiger partial charge in [0.25, 0.3) is 10.0 Å². The van der Waals surface area contributed by atoms with Crippen molar-refractivity contribution >= 4 is 44.8 Å². The molecule has 0 amide bonds. The fourth-order valence-electron chi connectivity index (χ4n) is 0.911. The maximum absolute atomic E-state index is 11.8. The van der Waals surface area contributed by atoms with Crippen LogP contribution in [-0.2, 0) is 10.0 Å². The van der Waals surface area contributed by atoms with Crippen molar-refractivity contribution < 1.29 is 8.42 Å². The van der Waals surface area contributed by atoms with Gasteiger partial charge in [0.15, 0.2) is 5.70 Å². The summed E-state index contributed by atoms with van der Waals surface area (Å²) in [5, 5.41) is 9.02. The molecule has 17 heavy (non-hydrogen) atoms. The molecule has 1 aromatic carbocycles. The van der Waals surface area contributed by atoms with Gasteiger partial charge in [0.05, 0.1) is 4.90 Å². The van der Waals surface area contributed by atoms with E-state index in [4.69, 9.17) is 40.1 Å². The number of allylic oxidation sites excluding steroid dienone is 1. The molecule has 0 aliphatic rings. The highest BCUT2D eigenvalue weighted by Gasteiger charge is 2.16. The first-order valence-corrected chi connectivity index (χ1v) is 6.72.